The summed E-state index contributed by atoms with van der Waals surface area (Å²) in [6, 6.07) is 10.6. The van der Waals surface area contributed by atoms with Crippen LogP contribution in [0.25, 0.3) is 11.0 Å². The maximum absolute atomic E-state index is 5.92. The van der Waals surface area contributed by atoms with Gasteiger partial charge in [-0.3, -0.25) is 0 Å². The van der Waals surface area contributed by atoms with Crippen molar-refractivity contribution in [2.75, 3.05) is 26.2 Å². The fourth-order valence-electron chi connectivity index (χ4n) is 3.12. The molecular formula is C18H26N2O. The number of furan rings is 1. The third kappa shape index (κ3) is 3.86. The Morgan fingerprint density at radius 3 is 2.67 bits per heavy atom. The average molecular weight is 286 g/mol. The first-order valence-corrected chi connectivity index (χ1v) is 8.27. The molecule has 3 heteroatoms. The minimum Gasteiger partial charge on any atom is -0.459 e. The summed E-state index contributed by atoms with van der Waals surface area (Å²) in [7, 11) is 0. The molecule has 0 spiro atoms. The van der Waals surface area contributed by atoms with E-state index in [1.54, 1.807) is 0 Å². The largest absolute Gasteiger partial charge is 0.459 e. The van der Waals surface area contributed by atoms with Gasteiger partial charge < -0.3 is 14.6 Å². The van der Waals surface area contributed by atoms with Gasteiger partial charge in [-0.05, 0) is 45.0 Å². The summed E-state index contributed by atoms with van der Waals surface area (Å²) in [5, 5.41) is 4.78. The van der Waals surface area contributed by atoms with E-state index in [0.717, 1.165) is 24.4 Å². The molecule has 21 heavy (non-hydrogen) atoms. The van der Waals surface area contributed by atoms with Crippen molar-refractivity contribution in [2.45, 2.75) is 38.6 Å². The van der Waals surface area contributed by atoms with Crippen LogP contribution in [0.5, 0.6) is 0 Å². The lowest BCUT2D eigenvalue weighted by Gasteiger charge is -2.21. The molecular weight excluding hydrogens is 260 g/mol. The molecule has 1 saturated heterocycles. The third-order valence-electron chi connectivity index (χ3n) is 4.45. The van der Waals surface area contributed by atoms with Crippen LogP contribution in [0.15, 0.2) is 34.7 Å². The fraction of sp³-hybridized carbons (Fsp3) is 0.556. The lowest BCUT2D eigenvalue weighted by atomic mass is 10.2. The van der Waals surface area contributed by atoms with E-state index in [0.29, 0.717) is 0 Å². The molecule has 1 aromatic heterocycles. The number of para-hydroxylation sites is 1. The minimum absolute atomic E-state index is 0.268. The Morgan fingerprint density at radius 1 is 1.14 bits per heavy atom. The van der Waals surface area contributed by atoms with Gasteiger partial charge in [0, 0.05) is 18.5 Å². The predicted octanol–water partition coefficient (Wildman–Crippen LogP) is 3.96. The Labute approximate surface area is 127 Å². The first-order chi connectivity index (χ1) is 10.3. The van der Waals surface area contributed by atoms with Crippen LogP contribution in [0.1, 0.15) is 44.4 Å². The van der Waals surface area contributed by atoms with Crippen molar-refractivity contribution in [3.8, 4) is 0 Å². The molecule has 1 unspecified atom stereocenters. The lowest BCUT2D eigenvalue weighted by Crippen LogP contribution is -2.33. The number of hydrogen-bond acceptors (Lipinski definition) is 3. The first kappa shape index (κ1) is 14.6. The number of nitrogens with one attached hydrogen (secondary N) is 1. The third-order valence-corrected chi connectivity index (χ3v) is 4.45. The molecule has 1 atom stereocenters. The quantitative estimate of drug-likeness (QED) is 0.902. The van der Waals surface area contributed by atoms with Crippen molar-refractivity contribution in [2.24, 2.45) is 0 Å². The number of likely N-dealkylation sites (tertiary alicyclic amines) is 1. The Morgan fingerprint density at radius 2 is 1.90 bits per heavy atom. The number of rotatable bonds is 5. The number of benzene rings is 1. The summed E-state index contributed by atoms with van der Waals surface area (Å²) in [4.78, 5) is 2.59. The van der Waals surface area contributed by atoms with Crippen molar-refractivity contribution in [1.29, 1.82) is 0 Å². The van der Waals surface area contributed by atoms with E-state index in [-0.39, 0.29) is 6.04 Å². The van der Waals surface area contributed by atoms with Gasteiger partial charge in [0.2, 0.25) is 0 Å². The van der Waals surface area contributed by atoms with Crippen molar-refractivity contribution in [3.05, 3.63) is 36.1 Å². The van der Waals surface area contributed by atoms with Crippen molar-refractivity contribution in [1.82, 2.24) is 10.2 Å². The Bertz CT molecular complexity index is 522. The van der Waals surface area contributed by atoms with Gasteiger partial charge in [0.1, 0.15) is 11.3 Å². The molecule has 1 fully saturated rings. The topological polar surface area (TPSA) is 28.4 Å². The van der Waals surface area contributed by atoms with Crippen LogP contribution in [0.3, 0.4) is 0 Å². The predicted molar refractivity (Wildman–Crippen MR) is 87.5 cm³/mol. The van der Waals surface area contributed by atoms with Gasteiger partial charge in [0.25, 0.3) is 0 Å². The van der Waals surface area contributed by atoms with E-state index in [4.69, 9.17) is 4.42 Å². The zero-order valence-corrected chi connectivity index (χ0v) is 13.0. The van der Waals surface area contributed by atoms with Gasteiger partial charge in [-0.2, -0.15) is 0 Å². The highest BCUT2D eigenvalue weighted by Gasteiger charge is 2.12. The SMILES string of the molecule is CC(NCCN1CCCCCC1)c1cc2ccccc2o1. The highest BCUT2D eigenvalue weighted by molar-refractivity contribution is 5.77. The molecule has 0 saturated carbocycles. The molecule has 114 valence electrons. The Balaban J connectivity index is 1.50. The van der Waals surface area contributed by atoms with Gasteiger partial charge in [-0.15, -0.1) is 0 Å². The standard InChI is InChI=1S/C18H26N2O/c1-15(18-14-16-8-4-5-9-17(16)21-18)19-10-13-20-11-6-2-3-7-12-20/h4-5,8-9,14-15,19H,2-3,6-7,10-13H2,1H3. The molecule has 1 aromatic carbocycles. The van der Waals surface area contributed by atoms with Gasteiger partial charge in [0.05, 0.1) is 6.04 Å². The number of nitrogens with zero attached hydrogens (tertiary/aromatic N) is 1. The van der Waals surface area contributed by atoms with Crippen LogP contribution >= 0.6 is 0 Å². The summed E-state index contributed by atoms with van der Waals surface area (Å²) in [5.41, 5.74) is 0.980. The minimum atomic E-state index is 0.268. The van der Waals surface area contributed by atoms with Gasteiger partial charge >= 0.3 is 0 Å². The van der Waals surface area contributed by atoms with Gasteiger partial charge in [0.15, 0.2) is 0 Å². The first-order valence-electron chi connectivity index (χ1n) is 8.27. The summed E-state index contributed by atoms with van der Waals surface area (Å²) in [6.45, 7) is 6.88. The molecule has 0 amide bonds. The molecule has 1 aliphatic heterocycles. The van der Waals surface area contributed by atoms with Crippen LogP contribution in [-0.4, -0.2) is 31.1 Å². The van der Waals surface area contributed by atoms with Gasteiger partial charge in [-0.1, -0.05) is 31.0 Å². The fourth-order valence-corrected chi connectivity index (χ4v) is 3.12. The molecule has 3 nitrogen and oxygen atoms in total. The second-order valence-electron chi connectivity index (χ2n) is 6.12. The second-order valence-corrected chi connectivity index (χ2v) is 6.12. The maximum atomic E-state index is 5.92. The molecule has 0 aliphatic carbocycles. The van der Waals surface area contributed by atoms with E-state index >= 15 is 0 Å². The van der Waals surface area contributed by atoms with Crippen LogP contribution in [-0.2, 0) is 0 Å². The second kappa shape index (κ2) is 7.10. The van der Waals surface area contributed by atoms with E-state index < -0.39 is 0 Å². The van der Waals surface area contributed by atoms with E-state index in [2.05, 4.69) is 35.3 Å². The number of fused-ring (bicyclic) bond motifs is 1. The summed E-state index contributed by atoms with van der Waals surface area (Å²) < 4.78 is 5.92. The normalized spacial score (nSPS) is 18.7. The zero-order chi connectivity index (χ0) is 14.5. The van der Waals surface area contributed by atoms with Crippen molar-refractivity contribution < 1.29 is 4.42 Å². The molecule has 1 N–H and O–H groups in total. The zero-order valence-electron chi connectivity index (χ0n) is 13.0. The molecule has 0 radical (unpaired) electrons. The maximum Gasteiger partial charge on any atom is 0.134 e. The molecule has 2 heterocycles. The van der Waals surface area contributed by atoms with Crippen LogP contribution in [0.2, 0.25) is 0 Å². The van der Waals surface area contributed by atoms with Gasteiger partial charge in [-0.25, -0.2) is 0 Å². The summed E-state index contributed by atoms with van der Waals surface area (Å²) >= 11 is 0. The van der Waals surface area contributed by atoms with E-state index in [1.807, 2.05) is 12.1 Å². The summed E-state index contributed by atoms with van der Waals surface area (Å²) in [5.74, 6) is 1.03. The Kier molecular flexibility index (Phi) is 4.94. The summed E-state index contributed by atoms with van der Waals surface area (Å²) in [6.07, 6.45) is 5.52. The molecule has 0 bridgehead atoms. The van der Waals surface area contributed by atoms with Crippen molar-refractivity contribution >= 4 is 11.0 Å². The van der Waals surface area contributed by atoms with E-state index in [1.165, 1.54) is 44.2 Å². The monoisotopic (exact) mass is 286 g/mol. The average Bonchev–Trinajstić information content (AvgIpc) is 2.77. The number of hydrogen-bond donors (Lipinski definition) is 1. The molecule has 1 aliphatic rings. The molecule has 3 rings (SSSR count). The molecule has 2 aromatic rings. The highest BCUT2D eigenvalue weighted by atomic mass is 16.3. The van der Waals surface area contributed by atoms with Crippen LogP contribution in [0, 0.1) is 0 Å². The van der Waals surface area contributed by atoms with Crippen LogP contribution < -0.4 is 5.32 Å². The Hall–Kier alpha value is -1.32. The lowest BCUT2D eigenvalue weighted by molar-refractivity contribution is 0.278. The van der Waals surface area contributed by atoms with Crippen molar-refractivity contribution in [3.63, 3.8) is 0 Å². The highest BCUT2D eigenvalue weighted by Crippen LogP contribution is 2.23. The van der Waals surface area contributed by atoms with E-state index in [9.17, 15) is 0 Å². The smallest absolute Gasteiger partial charge is 0.134 e. The van der Waals surface area contributed by atoms with Crippen LogP contribution in [0.4, 0.5) is 0 Å².